The number of benzene rings is 3. The van der Waals surface area contributed by atoms with E-state index in [-0.39, 0.29) is 50.7 Å². The SMILES string of the molecule is C[Si](C)c1c(C2c3ccccc3-c3ccccc32)[cH-]c2ccccc12.[Cl-].[Cl-].[Hf]. The topological polar surface area (TPSA) is 0 Å². The maximum Gasteiger partial charge on any atom is 0.0177 e. The van der Waals surface area contributed by atoms with Crippen LogP contribution in [-0.2, 0) is 25.8 Å². The first-order valence-electron chi connectivity index (χ1n) is 8.93. The van der Waals surface area contributed by atoms with E-state index in [4.69, 9.17) is 0 Å². The fraction of sp³-hybridized carbons (Fsp3) is 0.125. The first kappa shape index (κ1) is 23.2. The molecular formula is C24H20Cl2HfSi-3. The van der Waals surface area contributed by atoms with Crippen molar-refractivity contribution in [3.63, 3.8) is 0 Å². The molecule has 0 atom stereocenters. The van der Waals surface area contributed by atoms with Crippen LogP contribution in [-0.4, -0.2) is 8.80 Å². The minimum Gasteiger partial charge on any atom is -1.00 e. The third-order valence-electron chi connectivity index (χ3n) is 5.47. The molecule has 4 aromatic carbocycles. The van der Waals surface area contributed by atoms with E-state index in [1.807, 2.05) is 0 Å². The van der Waals surface area contributed by atoms with Gasteiger partial charge in [0.05, 0.1) is 0 Å². The predicted molar refractivity (Wildman–Crippen MR) is 109 cm³/mol. The fourth-order valence-corrected chi connectivity index (χ4v) is 6.08. The number of hydrogen-bond donors (Lipinski definition) is 0. The largest absolute Gasteiger partial charge is 1.00 e. The first-order valence-corrected chi connectivity index (χ1v) is 11.4. The summed E-state index contributed by atoms with van der Waals surface area (Å²) in [7, 11) is -0.564. The molecule has 4 aromatic rings. The minimum atomic E-state index is -0.564. The summed E-state index contributed by atoms with van der Waals surface area (Å²) in [6.07, 6.45) is 0. The average Bonchev–Trinajstić information content (AvgIpc) is 3.17. The van der Waals surface area contributed by atoms with E-state index >= 15 is 0 Å². The van der Waals surface area contributed by atoms with Crippen LogP contribution in [0.5, 0.6) is 0 Å². The molecule has 0 fully saturated rings. The standard InChI is InChI=1S/C24H20Si.2ClH.Hf/c1-25(2)24-17-10-4-3-9-16(17)15-22(24)23-20-13-7-5-11-18(20)19-12-6-8-14-21(19)23;;;/h3-15,23H,1-2H3;2*1H;/q-1;;;/p-2. The Balaban J connectivity index is 0.000000934. The van der Waals surface area contributed by atoms with Gasteiger partial charge in [-0.1, -0.05) is 67.7 Å². The zero-order valence-corrected chi connectivity index (χ0v) is 21.9. The van der Waals surface area contributed by atoms with Crippen LogP contribution >= 0.6 is 0 Å². The van der Waals surface area contributed by atoms with Crippen LogP contribution in [0.2, 0.25) is 13.1 Å². The van der Waals surface area contributed by atoms with Crippen LogP contribution in [0.3, 0.4) is 0 Å². The second-order valence-electron chi connectivity index (χ2n) is 7.17. The fourth-order valence-electron chi connectivity index (χ4n) is 4.52. The average molecular weight is 586 g/mol. The van der Waals surface area contributed by atoms with Gasteiger partial charge in [0.1, 0.15) is 0 Å². The molecule has 0 spiro atoms. The number of halogens is 2. The van der Waals surface area contributed by atoms with E-state index < -0.39 is 8.80 Å². The molecule has 0 amide bonds. The molecule has 0 aliphatic heterocycles. The molecule has 0 aromatic heterocycles. The van der Waals surface area contributed by atoms with Crippen molar-refractivity contribution >= 4 is 24.8 Å². The molecule has 4 heteroatoms. The van der Waals surface area contributed by atoms with Crippen molar-refractivity contribution in [2.45, 2.75) is 19.0 Å². The van der Waals surface area contributed by atoms with Crippen LogP contribution in [0.25, 0.3) is 21.9 Å². The Morgan fingerprint density at radius 2 is 1.21 bits per heavy atom. The zero-order valence-electron chi connectivity index (χ0n) is 15.8. The van der Waals surface area contributed by atoms with Crippen molar-refractivity contribution in [1.29, 1.82) is 0 Å². The molecule has 141 valence electrons. The number of fused-ring (bicyclic) bond motifs is 4. The van der Waals surface area contributed by atoms with Gasteiger partial charge in [-0.05, 0) is 22.3 Å². The van der Waals surface area contributed by atoms with Crippen molar-refractivity contribution < 1.29 is 50.7 Å². The molecule has 0 heterocycles. The van der Waals surface area contributed by atoms with Gasteiger partial charge in [-0.3, -0.25) is 0 Å². The molecule has 0 unspecified atom stereocenters. The molecule has 0 N–H and O–H groups in total. The van der Waals surface area contributed by atoms with Crippen LogP contribution in [0.15, 0.2) is 78.9 Å². The van der Waals surface area contributed by atoms with Crippen molar-refractivity contribution in [3.8, 4) is 11.1 Å². The summed E-state index contributed by atoms with van der Waals surface area (Å²) in [5.41, 5.74) is 7.25. The Bertz CT molecular complexity index is 1060. The molecule has 5 rings (SSSR count). The summed E-state index contributed by atoms with van der Waals surface area (Å²) in [4.78, 5) is 0. The number of rotatable bonds is 2. The first-order chi connectivity index (χ1) is 12.3. The van der Waals surface area contributed by atoms with E-state index in [1.165, 1.54) is 38.6 Å². The molecular weight excluding hydrogens is 566 g/mol. The van der Waals surface area contributed by atoms with Crippen molar-refractivity contribution in [1.82, 2.24) is 0 Å². The Morgan fingerprint density at radius 1 is 0.714 bits per heavy atom. The smallest absolute Gasteiger partial charge is 0.0177 e. The van der Waals surface area contributed by atoms with Crippen LogP contribution in [0, 0.1) is 0 Å². The van der Waals surface area contributed by atoms with Gasteiger partial charge in [-0.15, -0.1) is 40.6 Å². The maximum absolute atomic E-state index is 2.45. The second kappa shape index (κ2) is 9.17. The summed E-state index contributed by atoms with van der Waals surface area (Å²) >= 11 is 0. The molecule has 0 saturated heterocycles. The predicted octanol–water partition coefficient (Wildman–Crippen LogP) is -0.314. The van der Waals surface area contributed by atoms with Gasteiger partial charge < -0.3 is 24.8 Å². The van der Waals surface area contributed by atoms with Crippen molar-refractivity contribution in [2.24, 2.45) is 0 Å². The summed E-state index contributed by atoms with van der Waals surface area (Å²) < 4.78 is 0. The van der Waals surface area contributed by atoms with E-state index in [9.17, 15) is 0 Å². The number of hydrogen-bond acceptors (Lipinski definition) is 0. The van der Waals surface area contributed by atoms with Crippen molar-refractivity contribution in [3.05, 3.63) is 95.6 Å². The Hall–Kier alpha value is -1.06. The summed E-state index contributed by atoms with van der Waals surface area (Å²) in [6.45, 7) is 4.84. The van der Waals surface area contributed by atoms with Gasteiger partial charge in [0, 0.05) is 40.6 Å². The van der Waals surface area contributed by atoms with Gasteiger partial charge >= 0.3 is 0 Å². The second-order valence-corrected chi connectivity index (χ2v) is 9.67. The third kappa shape index (κ3) is 3.50. The van der Waals surface area contributed by atoms with Crippen LogP contribution in [0.1, 0.15) is 22.6 Å². The summed E-state index contributed by atoms with van der Waals surface area (Å²) in [6, 6.07) is 29.2. The molecule has 1 aliphatic carbocycles. The molecule has 28 heavy (non-hydrogen) atoms. The van der Waals surface area contributed by atoms with E-state index in [0.29, 0.717) is 5.92 Å². The monoisotopic (exact) mass is 586 g/mol. The molecule has 0 nitrogen and oxygen atoms in total. The van der Waals surface area contributed by atoms with E-state index in [2.05, 4.69) is 92.0 Å². The zero-order chi connectivity index (χ0) is 17.0. The Labute approximate surface area is 199 Å². The quantitative estimate of drug-likeness (QED) is 0.197. The Morgan fingerprint density at radius 3 is 1.79 bits per heavy atom. The van der Waals surface area contributed by atoms with Gasteiger partial charge in [0.2, 0.25) is 0 Å². The normalized spacial score (nSPS) is 12.0. The Kier molecular flexibility index (Phi) is 7.60. The summed E-state index contributed by atoms with van der Waals surface area (Å²) in [5, 5.41) is 4.45. The van der Waals surface area contributed by atoms with E-state index in [0.717, 1.165) is 0 Å². The van der Waals surface area contributed by atoms with Gasteiger partial charge in [-0.25, -0.2) is 0 Å². The summed E-state index contributed by atoms with van der Waals surface area (Å²) in [5.74, 6) is 0.370. The van der Waals surface area contributed by atoms with Crippen LogP contribution in [0.4, 0.5) is 0 Å². The van der Waals surface area contributed by atoms with Crippen molar-refractivity contribution in [2.75, 3.05) is 0 Å². The molecule has 0 bridgehead atoms. The maximum atomic E-state index is 2.45. The van der Waals surface area contributed by atoms with Crippen LogP contribution < -0.4 is 30.0 Å². The third-order valence-corrected chi connectivity index (χ3v) is 7.03. The molecule has 1 radical (unpaired) electrons. The van der Waals surface area contributed by atoms with Gasteiger partial charge in [0.25, 0.3) is 0 Å². The van der Waals surface area contributed by atoms with Gasteiger partial charge in [0.15, 0.2) is 0 Å². The van der Waals surface area contributed by atoms with Gasteiger partial charge in [-0.2, -0.15) is 5.19 Å². The molecule has 1 aliphatic rings. The minimum absolute atomic E-state index is 0. The van der Waals surface area contributed by atoms with E-state index in [1.54, 1.807) is 5.19 Å². The molecule has 0 saturated carbocycles.